The molecule has 1 rings (SSSR count). The molecule has 0 atom stereocenters. The predicted octanol–water partition coefficient (Wildman–Crippen LogP) is 1.73. The molecule has 0 aromatic heterocycles. The zero-order chi connectivity index (χ0) is 12.7. The maximum absolute atomic E-state index is 11.8. The van der Waals surface area contributed by atoms with Gasteiger partial charge in [0.05, 0.1) is 19.1 Å². The molecule has 0 bridgehead atoms. The van der Waals surface area contributed by atoms with E-state index in [1.807, 2.05) is 6.07 Å². The summed E-state index contributed by atoms with van der Waals surface area (Å²) in [5, 5.41) is 8.64. The maximum atomic E-state index is 11.8. The Morgan fingerprint density at radius 1 is 1.35 bits per heavy atom. The fourth-order valence-corrected chi connectivity index (χ4v) is 1.60. The van der Waals surface area contributed by atoms with E-state index in [1.54, 1.807) is 19.2 Å². The number of rotatable bonds is 6. The van der Waals surface area contributed by atoms with Crippen LogP contribution in [0.1, 0.15) is 21.5 Å². The van der Waals surface area contributed by atoms with E-state index in [4.69, 9.17) is 14.7 Å². The number of carbonyl (C=O) groups excluding carboxylic acids is 1. The maximum Gasteiger partial charge on any atom is 0.188 e. The molecule has 0 N–H and O–H groups in total. The fourth-order valence-electron chi connectivity index (χ4n) is 1.60. The minimum Gasteiger partial charge on any atom is -0.380 e. The van der Waals surface area contributed by atoms with E-state index < -0.39 is 0 Å². The van der Waals surface area contributed by atoms with E-state index in [0.717, 1.165) is 11.1 Å². The van der Waals surface area contributed by atoms with Gasteiger partial charge in [-0.3, -0.25) is 4.79 Å². The van der Waals surface area contributed by atoms with E-state index in [0.29, 0.717) is 18.6 Å². The summed E-state index contributed by atoms with van der Waals surface area (Å²) in [5.41, 5.74) is 2.27. The zero-order valence-electron chi connectivity index (χ0n) is 10.0. The summed E-state index contributed by atoms with van der Waals surface area (Å²) in [6, 6.07) is 7.41. The van der Waals surface area contributed by atoms with Gasteiger partial charge in [-0.2, -0.15) is 5.26 Å². The molecule has 0 unspecified atom stereocenters. The van der Waals surface area contributed by atoms with Crippen molar-refractivity contribution in [2.45, 2.75) is 13.0 Å². The van der Waals surface area contributed by atoms with Crippen molar-refractivity contribution in [3.05, 3.63) is 34.9 Å². The number of nitrogens with zero attached hydrogens (tertiary/aromatic N) is 1. The Morgan fingerprint density at radius 2 is 2.12 bits per heavy atom. The van der Waals surface area contributed by atoms with Crippen molar-refractivity contribution in [2.75, 3.05) is 20.8 Å². The van der Waals surface area contributed by atoms with Crippen molar-refractivity contribution < 1.29 is 14.3 Å². The van der Waals surface area contributed by atoms with Crippen LogP contribution in [0.2, 0.25) is 0 Å². The van der Waals surface area contributed by atoms with Gasteiger partial charge in [0.25, 0.3) is 0 Å². The number of nitriles is 1. The number of Topliss-reactive ketones (excluding diaryl/α,β-unsaturated/α-hetero) is 1. The highest BCUT2D eigenvalue weighted by atomic mass is 16.5. The quantitative estimate of drug-likeness (QED) is 0.702. The average molecular weight is 233 g/mol. The van der Waals surface area contributed by atoms with Gasteiger partial charge in [-0.25, -0.2) is 0 Å². The molecular formula is C13H15NO3. The molecule has 0 saturated carbocycles. The molecule has 0 aliphatic carbocycles. The van der Waals surface area contributed by atoms with E-state index in [2.05, 4.69) is 6.07 Å². The Morgan fingerprint density at radius 3 is 2.71 bits per heavy atom. The number of ketones is 1. The summed E-state index contributed by atoms with van der Waals surface area (Å²) in [7, 11) is 3.06. The first-order valence-electron chi connectivity index (χ1n) is 5.22. The molecule has 1 aromatic rings. The summed E-state index contributed by atoms with van der Waals surface area (Å²) in [6.45, 7) is 0.401. The second-order valence-corrected chi connectivity index (χ2v) is 3.62. The molecule has 0 aliphatic heterocycles. The van der Waals surface area contributed by atoms with Crippen LogP contribution in [-0.2, 0) is 22.5 Å². The largest absolute Gasteiger partial charge is 0.380 e. The van der Waals surface area contributed by atoms with E-state index in [9.17, 15) is 4.79 Å². The molecule has 1 aromatic carbocycles. The Balaban J connectivity index is 3.04. The van der Waals surface area contributed by atoms with Crippen LogP contribution < -0.4 is 0 Å². The third-order valence-electron chi connectivity index (χ3n) is 2.33. The van der Waals surface area contributed by atoms with Gasteiger partial charge in [0, 0.05) is 19.8 Å². The smallest absolute Gasteiger partial charge is 0.188 e. The summed E-state index contributed by atoms with van der Waals surface area (Å²) >= 11 is 0. The molecule has 0 amide bonds. The normalized spacial score (nSPS) is 9.94. The van der Waals surface area contributed by atoms with Crippen LogP contribution in [0.5, 0.6) is 0 Å². The Labute approximate surface area is 101 Å². The van der Waals surface area contributed by atoms with Crippen LogP contribution in [0.4, 0.5) is 0 Å². The molecule has 0 aliphatic rings. The molecule has 90 valence electrons. The SMILES string of the molecule is COCC(=O)c1ccc(CC#N)cc1COC. The fraction of sp³-hybridized carbons (Fsp3) is 0.385. The third-order valence-corrected chi connectivity index (χ3v) is 2.33. The van der Waals surface area contributed by atoms with Gasteiger partial charge in [-0.05, 0) is 11.1 Å². The standard InChI is InChI=1S/C13H15NO3/c1-16-8-11-7-10(5-6-14)3-4-12(11)13(15)9-17-2/h3-4,7H,5,8-9H2,1-2H3. The lowest BCUT2D eigenvalue weighted by Gasteiger charge is -2.09. The summed E-state index contributed by atoms with van der Waals surface area (Å²) < 4.78 is 9.88. The van der Waals surface area contributed by atoms with E-state index in [1.165, 1.54) is 7.11 Å². The lowest BCUT2D eigenvalue weighted by atomic mass is 10.00. The summed E-state index contributed by atoms with van der Waals surface area (Å²) in [4.78, 5) is 11.8. The van der Waals surface area contributed by atoms with Gasteiger partial charge in [0.1, 0.15) is 6.61 Å². The first-order valence-corrected chi connectivity index (χ1v) is 5.22. The summed E-state index contributed by atoms with van der Waals surface area (Å²) in [6.07, 6.45) is 0.329. The average Bonchev–Trinajstić information content (AvgIpc) is 2.30. The Hall–Kier alpha value is -1.70. The molecular weight excluding hydrogens is 218 g/mol. The minimum atomic E-state index is -0.0805. The third kappa shape index (κ3) is 3.66. The van der Waals surface area contributed by atoms with Crippen LogP contribution in [0, 0.1) is 11.3 Å². The van der Waals surface area contributed by atoms with Crippen LogP contribution in [0.15, 0.2) is 18.2 Å². The van der Waals surface area contributed by atoms with Gasteiger partial charge >= 0.3 is 0 Å². The first-order chi connectivity index (χ1) is 8.22. The van der Waals surface area contributed by atoms with Crippen LogP contribution in [-0.4, -0.2) is 26.6 Å². The van der Waals surface area contributed by atoms with Gasteiger partial charge in [0.15, 0.2) is 5.78 Å². The van der Waals surface area contributed by atoms with Gasteiger partial charge in [-0.1, -0.05) is 18.2 Å². The van der Waals surface area contributed by atoms with E-state index in [-0.39, 0.29) is 12.4 Å². The predicted molar refractivity (Wildman–Crippen MR) is 62.7 cm³/mol. The van der Waals surface area contributed by atoms with Crippen LogP contribution in [0.25, 0.3) is 0 Å². The molecule has 0 saturated heterocycles. The number of carbonyl (C=O) groups is 1. The number of hydrogen-bond donors (Lipinski definition) is 0. The van der Waals surface area contributed by atoms with Crippen molar-refractivity contribution in [3.8, 4) is 6.07 Å². The molecule has 0 fully saturated rings. The van der Waals surface area contributed by atoms with Crippen molar-refractivity contribution >= 4 is 5.78 Å². The van der Waals surface area contributed by atoms with E-state index >= 15 is 0 Å². The molecule has 0 spiro atoms. The van der Waals surface area contributed by atoms with Crippen molar-refractivity contribution in [1.82, 2.24) is 0 Å². The number of benzene rings is 1. The molecule has 4 heteroatoms. The Kier molecular flexibility index (Phi) is 5.34. The van der Waals surface area contributed by atoms with Gasteiger partial charge in [0.2, 0.25) is 0 Å². The number of methoxy groups -OCH3 is 2. The summed E-state index contributed by atoms with van der Waals surface area (Å²) in [5.74, 6) is -0.0805. The molecule has 4 nitrogen and oxygen atoms in total. The van der Waals surface area contributed by atoms with Crippen LogP contribution >= 0.6 is 0 Å². The van der Waals surface area contributed by atoms with Crippen LogP contribution in [0.3, 0.4) is 0 Å². The second-order valence-electron chi connectivity index (χ2n) is 3.62. The van der Waals surface area contributed by atoms with Gasteiger partial charge < -0.3 is 9.47 Å². The van der Waals surface area contributed by atoms with Crippen molar-refractivity contribution in [3.63, 3.8) is 0 Å². The zero-order valence-corrected chi connectivity index (χ0v) is 10.0. The molecule has 17 heavy (non-hydrogen) atoms. The lowest BCUT2D eigenvalue weighted by molar-refractivity contribution is 0.0843. The minimum absolute atomic E-state index is 0.0499. The highest BCUT2D eigenvalue weighted by Crippen LogP contribution is 2.15. The highest BCUT2D eigenvalue weighted by molar-refractivity contribution is 5.98. The first kappa shape index (κ1) is 13.4. The van der Waals surface area contributed by atoms with Crippen molar-refractivity contribution in [1.29, 1.82) is 5.26 Å². The van der Waals surface area contributed by atoms with Crippen molar-refractivity contribution in [2.24, 2.45) is 0 Å². The lowest BCUT2D eigenvalue weighted by Crippen LogP contribution is -2.11. The molecule has 0 radical (unpaired) electrons. The monoisotopic (exact) mass is 233 g/mol. The van der Waals surface area contributed by atoms with Gasteiger partial charge in [-0.15, -0.1) is 0 Å². The number of ether oxygens (including phenoxy) is 2. The number of hydrogen-bond acceptors (Lipinski definition) is 4. The highest BCUT2D eigenvalue weighted by Gasteiger charge is 2.11. The molecule has 0 heterocycles. The topological polar surface area (TPSA) is 59.3 Å². The second kappa shape index (κ2) is 6.79. The Bertz CT molecular complexity index is 435.